The minimum Gasteiger partial charge on any atom is -0.254 e. The number of hydrogen-bond acceptors (Lipinski definition) is 2. The molecule has 0 spiro atoms. The summed E-state index contributed by atoms with van der Waals surface area (Å²) in [5.74, 6) is 0. The van der Waals surface area contributed by atoms with Crippen molar-refractivity contribution in [2.24, 2.45) is 0 Å². The van der Waals surface area contributed by atoms with Crippen molar-refractivity contribution in [1.29, 1.82) is 0 Å². The highest BCUT2D eigenvalue weighted by Crippen LogP contribution is 2.34. The smallest absolute Gasteiger partial charge is 0.0954 e. The average Bonchev–Trinajstić information content (AvgIpc) is 2.62. The van der Waals surface area contributed by atoms with Crippen LogP contribution in [0, 0.1) is 0 Å². The molecule has 0 unspecified atom stereocenters. The van der Waals surface area contributed by atoms with Crippen molar-refractivity contribution in [3.05, 3.63) is 38.7 Å². The van der Waals surface area contributed by atoms with Crippen LogP contribution in [0.1, 0.15) is 0 Å². The Morgan fingerprint density at radius 1 is 1.23 bits per heavy atom. The van der Waals surface area contributed by atoms with E-state index in [0.29, 0.717) is 0 Å². The zero-order valence-corrected chi connectivity index (χ0v) is 10.5. The third-order valence-corrected chi connectivity index (χ3v) is 4.47. The predicted molar refractivity (Wildman–Crippen MR) is 63.0 cm³/mol. The van der Waals surface area contributed by atoms with Gasteiger partial charge in [0.05, 0.1) is 15.0 Å². The van der Waals surface area contributed by atoms with Gasteiger partial charge in [0.2, 0.25) is 0 Å². The van der Waals surface area contributed by atoms with Gasteiger partial charge >= 0.3 is 0 Å². The van der Waals surface area contributed by atoms with Gasteiger partial charge in [0, 0.05) is 10.7 Å². The molecular formula is C9H5Br2NS. The first-order valence-electron chi connectivity index (χ1n) is 3.63. The van der Waals surface area contributed by atoms with Crippen LogP contribution in [0.5, 0.6) is 0 Å². The number of pyridine rings is 1. The molecule has 1 nitrogen and oxygen atoms in total. The fourth-order valence-corrected chi connectivity index (χ4v) is 2.62. The number of hydrogen-bond donors (Lipinski definition) is 0. The van der Waals surface area contributed by atoms with Crippen LogP contribution in [0.2, 0.25) is 0 Å². The second-order valence-corrected chi connectivity index (χ2v) is 5.03. The number of nitrogens with zero attached hydrogens (tertiary/aromatic N) is 1. The first-order chi connectivity index (χ1) is 6.29. The summed E-state index contributed by atoms with van der Waals surface area (Å²) >= 11 is 8.63. The van der Waals surface area contributed by atoms with E-state index < -0.39 is 0 Å². The topological polar surface area (TPSA) is 12.9 Å². The summed E-state index contributed by atoms with van der Waals surface area (Å²) < 4.78 is 2.04. The Morgan fingerprint density at radius 2 is 2.08 bits per heavy atom. The van der Waals surface area contributed by atoms with Crippen LogP contribution in [-0.2, 0) is 0 Å². The lowest BCUT2D eigenvalue weighted by Crippen LogP contribution is -1.82. The number of thiophene rings is 1. The second-order valence-electron chi connectivity index (χ2n) is 2.43. The molecule has 0 aromatic carbocycles. The number of halogens is 2. The van der Waals surface area contributed by atoms with E-state index in [9.17, 15) is 0 Å². The Kier molecular flexibility index (Phi) is 2.81. The Morgan fingerprint density at radius 3 is 2.77 bits per heavy atom. The minimum absolute atomic E-state index is 0.990. The normalized spacial score (nSPS) is 10.3. The monoisotopic (exact) mass is 317 g/mol. The number of aromatic nitrogens is 1. The molecule has 0 aliphatic carbocycles. The quantitative estimate of drug-likeness (QED) is 0.762. The molecule has 0 aliphatic heterocycles. The standard InChI is InChI=1S/C9H5Br2NS/c10-6-3-4-12-9(8(6)11)7-2-1-5-13-7/h1-5H. The molecule has 2 aromatic rings. The Hall–Kier alpha value is -0.190. The van der Waals surface area contributed by atoms with Crippen molar-refractivity contribution in [3.63, 3.8) is 0 Å². The summed E-state index contributed by atoms with van der Waals surface area (Å²) in [6, 6.07) is 6.00. The molecule has 0 radical (unpaired) electrons. The molecular weight excluding hydrogens is 314 g/mol. The fraction of sp³-hybridized carbons (Fsp3) is 0. The molecule has 0 amide bonds. The van der Waals surface area contributed by atoms with Gasteiger partial charge in [-0.25, -0.2) is 0 Å². The predicted octanol–water partition coefficient (Wildman–Crippen LogP) is 4.34. The summed E-state index contributed by atoms with van der Waals surface area (Å²) in [6.45, 7) is 0. The van der Waals surface area contributed by atoms with Crippen molar-refractivity contribution < 1.29 is 0 Å². The van der Waals surface area contributed by atoms with Gasteiger partial charge in [-0.1, -0.05) is 6.07 Å². The molecule has 0 saturated heterocycles. The largest absolute Gasteiger partial charge is 0.254 e. The summed E-state index contributed by atoms with van der Waals surface area (Å²) in [4.78, 5) is 5.49. The van der Waals surface area contributed by atoms with Crippen molar-refractivity contribution in [3.8, 4) is 10.6 Å². The van der Waals surface area contributed by atoms with E-state index in [0.717, 1.165) is 14.6 Å². The maximum Gasteiger partial charge on any atom is 0.0954 e. The van der Waals surface area contributed by atoms with Crippen LogP contribution in [0.25, 0.3) is 10.6 Å². The van der Waals surface area contributed by atoms with Crippen LogP contribution >= 0.6 is 43.2 Å². The van der Waals surface area contributed by atoms with Crippen LogP contribution in [0.3, 0.4) is 0 Å². The summed E-state index contributed by atoms with van der Waals surface area (Å²) in [5.41, 5.74) is 0.990. The zero-order valence-electron chi connectivity index (χ0n) is 6.50. The number of rotatable bonds is 1. The van der Waals surface area contributed by atoms with E-state index in [1.165, 1.54) is 4.88 Å². The van der Waals surface area contributed by atoms with Gasteiger partial charge in [-0.3, -0.25) is 4.98 Å². The molecule has 0 atom stereocenters. The Bertz CT molecular complexity index is 412. The highest BCUT2D eigenvalue weighted by Gasteiger charge is 2.07. The molecule has 0 fully saturated rings. The Labute approximate surface area is 97.1 Å². The molecule has 0 N–H and O–H groups in total. The Balaban J connectivity index is 2.59. The lowest BCUT2D eigenvalue weighted by molar-refractivity contribution is 1.31. The van der Waals surface area contributed by atoms with Gasteiger partial charge in [-0.05, 0) is 49.4 Å². The van der Waals surface area contributed by atoms with E-state index >= 15 is 0 Å². The summed E-state index contributed by atoms with van der Waals surface area (Å²) in [5, 5.41) is 2.05. The van der Waals surface area contributed by atoms with Crippen molar-refractivity contribution in [1.82, 2.24) is 4.98 Å². The van der Waals surface area contributed by atoms with Gasteiger partial charge in [-0.15, -0.1) is 11.3 Å². The van der Waals surface area contributed by atoms with Gasteiger partial charge in [0.15, 0.2) is 0 Å². The highest BCUT2D eigenvalue weighted by atomic mass is 79.9. The second kappa shape index (κ2) is 3.90. The van der Waals surface area contributed by atoms with Gasteiger partial charge in [0.1, 0.15) is 0 Å². The van der Waals surface area contributed by atoms with Gasteiger partial charge in [-0.2, -0.15) is 0 Å². The SMILES string of the molecule is Brc1ccnc(-c2cccs2)c1Br. The summed E-state index contributed by atoms with van der Waals surface area (Å²) in [7, 11) is 0. The first-order valence-corrected chi connectivity index (χ1v) is 6.09. The molecule has 2 rings (SSSR count). The van der Waals surface area contributed by atoms with Crippen LogP contribution < -0.4 is 0 Å². The van der Waals surface area contributed by atoms with E-state index in [1.54, 1.807) is 17.5 Å². The molecule has 0 bridgehead atoms. The summed E-state index contributed by atoms with van der Waals surface area (Å²) in [6.07, 6.45) is 1.80. The zero-order chi connectivity index (χ0) is 9.26. The fourth-order valence-electron chi connectivity index (χ4n) is 1.01. The van der Waals surface area contributed by atoms with Gasteiger partial charge < -0.3 is 0 Å². The molecule has 66 valence electrons. The van der Waals surface area contributed by atoms with Crippen LogP contribution in [0.4, 0.5) is 0 Å². The maximum absolute atomic E-state index is 4.32. The molecule has 2 heterocycles. The molecule has 2 aromatic heterocycles. The highest BCUT2D eigenvalue weighted by molar-refractivity contribution is 9.13. The van der Waals surface area contributed by atoms with Crippen molar-refractivity contribution in [2.75, 3.05) is 0 Å². The van der Waals surface area contributed by atoms with E-state index in [1.807, 2.05) is 17.5 Å². The van der Waals surface area contributed by atoms with Gasteiger partial charge in [0.25, 0.3) is 0 Å². The average molecular weight is 319 g/mol. The van der Waals surface area contributed by atoms with Crippen LogP contribution in [-0.4, -0.2) is 4.98 Å². The lowest BCUT2D eigenvalue weighted by atomic mass is 10.3. The molecule has 4 heteroatoms. The van der Waals surface area contributed by atoms with E-state index in [4.69, 9.17) is 0 Å². The van der Waals surface area contributed by atoms with Crippen LogP contribution in [0.15, 0.2) is 38.7 Å². The van der Waals surface area contributed by atoms with Crippen molar-refractivity contribution in [2.45, 2.75) is 0 Å². The maximum atomic E-state index is 4.32. The minimum atomic E-state index is 0.990. The van der Waals surface area contributed by atoms with Crippen molar-refractivity contribution >= 4 is 43.2 Å². The third kappa shape index (κ3) is 1.85. The van der Waals surface area contributed by atoms with E-state index in [2.05, 4.69) is 42.9 Å². The molecule has 0 aliphatic rings. The first kappa shape index (κ1) is 9.37. The molecule has 0 saturated carbocycles. The third-order valence-electron chi connectivity index (χ3n) is 1.60. The van der Waals surface area contributed by atoms with E-state index in [-0.39, 0.29) is 0 Å². The molecule has 13 heavy (non-hydrogen) atoms. The lowest BCUT2D eigenvalue weighted by Gasteiger charge is -2.01.